The molecule has 4 heteroatoms. The van der Waals surface area contributed by atoms with Crippen molar-refractivity contribution < 1.29 is 4.74 Å². The zero-order valence-electron chi connectivity index (χ0n) is 10.7. The van der Waals surface area contributed by atoms with E-state index in [1.54, 1.807) is 11.8 Å². The van der Waals surface area contributed by atoms with E-state index in [2.05, 4.69) is 29.2 Å². The number of benzene rings is 1. The monoisotopic (exact) mass is 265 g/mol. The van der Waals surface area contributed by atoms with E-state index in [9.17, 15) is 0 Å². The molecule has 18 heavy (non-hydrogen) atoms. The SMILES string of the molecule is [NH]C(CCN1CCOCC1)CSc1ccccc1. The Labute approximate surface area is 114 Å². The predicted octanol–water partition coefficient (Wildman–Crippen LogP) is 2.15. The summed E-state index contributed by atoms with van der Waals surface area (Å²) >= 11 is 1.78. The summed E-state index contributed by atoms with van der Waals surface area (Å²) in [6, 6.07) is 10.4. The zero-order chi connectivity index (χ0) is 12.6. The third-order valence-corrected chi connectivity index (χ3v) is 4.27. The normalized spacial score (nSPS) is 18.7. The molecule has 1 aliphatic rings. The minimum atomic E-state index is 0.0260. The second-order valence-electron chi connectivity index (χ2n) is 4.56. The van der Waals surface area contributed by atoms with Crippen LogP contribution in [0.25, 0.3) is 0 Å². The molecule has 0 aromatic heterocycles. The molecule has 3 nitrogen and oxygen atoms in total. The van der Waals surface area contributed by atoms with Crippen LogP contribution in [0.4, 0.5) is 0 Å². The lowest BCUT2D eigenvalue weighted by Crippen LogP contribution is -2.38. The van der Waals surface area contributed by atoms with Crippen molar-refractivity contribution in [2.24, 2.45) is 0 Å². The van der Waals surface area contributed by atoms with Gasteiger partial charge in [-0.3, -0.25) is 10.6 Å². The predicted molar refractivity (Wildman–Crippen MR) is 75.9 cm³/mol. The number of ether oxygens (including phenoxy) is 1. The number of rotatable bonds is 6. The highest BCUT2D eigenvalue weighted by atomic mass is 32.2. The first-order valence-corrected chi connectivity index (χ1v) is 7.52. The van der Waals surface area contributed by atoms with Crippen molar-refractivity contribution in [1.29, 1.82) is 0 Å². The van der Waals surface area contributed by atoms with Gasteiger partial charge in [-0.25, -0.2) is 0 Å². The Balaban J connectivity index is 1.61. The average molecular weight is 265 g/mol. The van der Waals surface area contributed by atoms with Crippen molar-refractivity contribution in [3.63, 3.8) is 0 Å². The molecule has 1 aromatic carbocycles. The Morgan fingerprint density at radius 2 is 1.94 bits per heavy atom. The molecule has 2 rings (SSSR count). The Bertz CT molecular complexity index is 328. The topological polar surface area (TPSA) is 36.3 Å². The summed E-state index contributed by atoms with van der Waals surface area (Å²) in [6.07, 6.45) is 0.958. The fourth-order valence-corrected chi connectivity index (χ4v) is 2.87. The largest absolute Gasteiger partial charge is 0.379 e. The molecule has 1 saturated heterocycles. The van der Waals surface area contributed by atoms with Gasteiger partial charge in [0.2, 0.25) is 0 Å². The number of hydrogen-bond acceptors (Lipinski definition) is 3. The highest BCUT2D eigenvalue weighted by molar-refractivity contribution is 7.99. The fraction of sp³-hybridized carbons (Fsp3) is 0.571. The van der Waals surface area contributed by atoms with Crippen LogP contribution < -0.4 is 5.73 Å². The summed E-state index contributed by atoms with van der Waals surface area (Å²) in [5.74, 6) is 0.883. The molecule has 0 saturated carbocycles. The van der Waals surface area contributed by atoms with Crippen LogP contribution >= 0.6 is 11.8 Å². The first-order chi connectivity index (χ1) is 8.84. The number of hydrogen-bond donors (Lipinski definition) is 0. The molecule has 0 aliphatic carbocycles. The smallest absolute Gasteiger partial charge is 0.0594 e. The van der Waals surface area contributed by atoms with Gasteiger partial charge in [0.25, 0.3) is 0 Å². The van der Waals surface area contributed by atoms with E-state index in [0.717, 1.165) is 45.0 Å². The van der Waals surface area contributed by atoms with E-state index >= 15 is 0 Å². The van der Waals surface area contributed by atoms with Gasteiger partial charge in [0, 0.05) is 29.8 Å². The van der Waals surface area contributed by atoms with Gasteiger partial charge in [0.15, 0.2) is 0 Å². The fourth-order valence-electron chi connectivity index (χ4n) is 1.96. The van der Waals surface area contributed by atoms with Crippen LogP contribution in [0.1, 0.15) is 6.42 Å². The van der Waals surface area contributed by atoms with Gasteiger partial charge >= 0.3 is 0 Å². The summed E-state index contributed by atoms with van der Waals surface area (Å²) in [7, 11) is 0. The van der Waals surface area contributed by atoms with Gasteiger partial charge in [0.1, 0.15) is 0 Å². The Morgan fingerprint density at radius 3 is 2.67 bits per heavy atom. The van der Waals surface area contributed by atoms with Crippen LogP contribution in [0.3, 0.4) is 0 Å². The highest BCUT2D eigenvalue weighted by Crippen LogP contribution is 2.18. The molecule has 1 unspecified atom stereocenters. The maximum absolute atomic E-state index is 8.06. The summed E-state index contributed by atoms with van der Waals surface area (Å²) in [4.78, 5) is 3.67. The van der Waals surface area contributed by atoms with Gasteiger partial charge in [-0.1, -0.05) is 18.2 Å². The van der Waals surface area contributed by atoms with Crippen molar-refractivity contribution in [3.8, 4) is 0 Å². The minimum Gasteiger partial charge on any atom is -0.379 e. The van der Waals surface area contributed by atoms with E-state index in [-0.39, 0.29) is 6.04 Å². The molecular weight excluding hydrogens is 244 g/mol. The Morgan fingerprint density at radius 1 is 1.22 bits per heavy atom. The van der Waals surface area contributed by atoms with Crippen molar-refractivity contribution in [1.82, 2.24) is 10.6 Å². The van der Waals surface area contributed by atoms with Gasteiger partial charge in [-0.2, -0.15) is 0 Å². The standard InChI is InChI=1S/C14H21N2OS/c15-13(6-7-16-8-10-17-11-9-16)12-18-14-4-2-1-3-5-14/h1-5,13,15H,6-12H2. The lowest BCUT2D eigenvalue weighted by atomic mass is 10.2. The average Bonchev–Trinajstić information content (AvgIpc) is 2.45. The molecule has 1 radical (unpaired) electrons. The zero-order valence-corrected chi connectivity index (χ0v) is 11.5. The molecule has 1 fully saturated rings. The Hall–Kier alpha value is -0.550. The van der Waals surface area contributed by atoms with Crippen LogP contribution in [0.2, 0.25) is 0 Å². The summed E-state index contributed by atoms with van der Waals surface area (Å²) < 4.78 is 5.32. The van der Waals surface area contributed by atoms with E-state index in [4.69, 9.17) is 10.5 Å². The third kappa shape index (κ3) is 4.98. The molecule has 1 heterocycles. The maximum Gasteiger partial charge on any atom is 0.0594 e. The lowest BCUT2D eigenvalue weighted by molar-refractivity contribution is 0.0368. The number of thioether (sulfide) groups is 1. The van der Waals surface area contributed by atoms with Crippen LogP contribution in [-0.2, 0) is 4.74 Å². The number of nitrogens with zero attached hydrogens (tertiary/aromatic N) is 1. The molecule has 0 amide bonds. The molecule has 1 atom stereocenters. The first kappa shape index (κ1) is 13.9. The van der Waals surface area contributed by atoms with Gasteiger partial charge in [0.05, 0.1) is 13.2 Å². The van der Waals surface area contributed by atoms with Gasteiger partial charge in [-0.05, 0) is 25.1 Å². The van der Waals surface area contributed by atoms with Gasteiger partial charge < -0.3 is 4.74 Å². The minimum absolute atomic E-state index is 0.0260. The summed E-state index contributed by atoms with van der Waals surface area (Å²) in [5.41, 5.74) is 8.06. The van der Waals surface area contributed by atoms with E-state index in [1.807, 2.05) is 6.07 Å². The maximum atomic E-state index is 8.06. The first-order valence-electron chi connectivity index (χ1n) is 6.53. The van der Waals surface area contributed by atoms with Crippen molar-refractivity contribution in [2.45, 2.75) is 17.4 Å². The summed E-state index contributed by atoms with van der Waals surface area (Å²) in [6.45, 7) is 4.78. The van der Waals surface area contributed by atoms with Crippen LogP contribution in [-0.4, -0.2) is 49.5 Å². The molecule has 1 N–H and O–H groups in total. The van der Waals surface area contributed by atoms with Crippen molar-refractivity contribution in [2.75, 3.05) is 38.6 Å². The lowest BCUT2D eigenvalue weighted by Gasteiger charge is -2.27. The van der Waals surface area contributed by atoms with Crippen LogP contribution in [0.5, 0.6) is 0 Å². The van der Waals surface area contributed by atoms with Gasteiger partial charge in [-0.15, -0.1) is 11.8 Å². The molecule has 1 aliphatic heterocycles. The number of morpholine rings is 1. The number of nitrogens with one attached hydrogen (secondary N) is 1. The van der Waals surface area contributed by atoms with E-state index < -0.39 is 0 Å². The molecule has 0 bridgehead atoms. The quantitative estimate of drug-likeness (QED) is 0.740. The second-order valence-corrected chi connectivity index (χ2v) is 5.66. The Kier molecular flexibility index (Phi) is 6.00. The highest BCUT2D eigenvalue weighted by Gasteiger charge is 2.12. The van der Waals surface area contributed by atoms with Crippen LogP contribution in [0.15, 0.2) is 35.2 Å². The third-order valence-electron chi connectivity index (χ3n) is 3.09. The van der Waals surface area contributed by atoms with E-state index in [0.29, 0.717) is 0 Å². The van der Waals surface area contributed by atoms with E-state index in [1.165, 1.54) is 4.90 Å². The summed E-state index contributed by atoms with van der Waals surface area (Å²) in [5, 5.41) is 0. The van der Waals surface area contributed by atoms with Crippen LogP contribution in [0, 0.1) is 0 Å². The van der Waals surface area contributed by atoms with Crippen molar-refractivity contribution in [3.05, 3.63) is 30.3 Å². The molecule has 1 aromatic rings. The molecular formula is C14H21N2OS. The van der Waals surface area contributed by atoms with Crippen molar-refractivity contribution >= 4 is 11.8 Å². The molecule has 99 valence electrons. The second kappa shape index (κ2) is 7.79. The molecule has 0 spiro atoms.